The van der Waals surface area contributed by atoms with Gasteiger partial charge in [0.15, 0.2) is 0 Å². The number of thiazole rings is 1. The van der Waals surface area contributed by atoms with Gasteiger partial charge in [0, 0.05) is 36.5 Å². The summed E-state index contributed by atoms with van der Waals surface area (Å²) >= 11 is 1.72. The molecule has 24 heavy (non-hydrogen) atoms. The Balaban J connectivity index is 1.58. The standard InChI is InChI=1S/C19H24N2O2S/c1-14-13-24-19(20-14)16-7-5-11-21(12-16)18(22)10-9-15-6-3-4-8-17(15)23-2/h3-4,6,8,13,16H,5,7,9-12H2,1-2H3. The highest BCUT2D eigenvalue weighted by Gasteiger charge is 2.26. The van der Waals surface area contributed by atoms with Crippen LogP contribution in [0.4, 0.5) is 0 Å². The van der Waals surface area contributed by atoms with Crippen LogP contribution >= 0.6 is 11.3 Å². The van der Waals surface area contributed by atoms with E-state index < -0.39 is 0 Å². The number of para-hydroxylation sites is 1. The van der Waals surface area contributed by atoms with Crippen molar-refractivity contribution < 1.29 is 9.53 Å². The second-order valence-electron chi connectivity index (χ2n) is 6.32. The predicted octanol–water partition coefficient (Wildman–Crippen LogP) is 3.80. The van der Waals surface area contributed by atoms with Crippen LogP contribution in [0.1, 0.15) is 41.4 Å². The van der Waals surface area contributed by atoms with Crippen LogP contribution in [0, 0.1) is 6.92 Å². The van der Waals surface area contributed by atoms with E-state index >= 15 is 0 Å². The Bertz CT molecular complexity index is 698. The normalized spacial score (nSPS) is 17.8. The number of aryl methyl sites for hydroxylation is 2. The quantitative estimate of drug-likeness (QED) is 0.828. The van der Waals surface area contributed by atoms with Crippen molar-refractivity contribution in [2.24, 2.45) is 0 Å². The first kappa shape index (κ1) is 17.0. The zero-order valence-corrected chi connectivity index (χ0v) is 15.1. The summed E-state index contributed by atoms with van der Waals surface area (Å²) in [6.45, 7) is 3.70. The summed E-state index contributed by atoms with van der Waals surface area (Å²) in [6.07, 6.45) is 3.44. The maximum absolute atomic E-state index is 12.6. The summed E-state index contributed by atoms with van der Waals surface area (Å²) < 4.78 is 5.37. The molecule has 1 aliphatic rings. The molecule has 0 aliphatic carbocycles. The summed E-state index contributed by atoms with van der Waals surface area (Å²) in [5.74, 6) is 1.49. The van der Waals surface area contributed by atoms with E-state index in [-0.39, 0.29) is 5.91 Å². The molecule has 0 N–H and O–H groups in total. The molecule has 0 saturated carbocycles. The molecule has 0 spiro atoms. The first-order valence-corrected chi connectivity index (χ1v) is 9.37. The lowest BCUT2D eigenvalue weighted by molar-refractivity contribution is -0.132. The number of ether oxygens (including phenoxy) is 1. The van der Waals surface area contributed by atoms with E-state index in [2.05, 4.69) is 10.4 Å². The molecule has 1 unspecified atom stereocenters. The number of amides is 1. The van der Waals surface area contributed by atoms with Crippen molar-refractivity contribution in [1.82, 2.24) is 9.88 Å². The van der Waals surface area contributed by atoms with Crippen LogP contribution in [0.3, 0.4) is 0 Å². The lowest BCUT2D eigenvalue weighted by Gasteiger charge is -2.32. The van der Waals surface area contributed by atoms with Gasteiger partial charge in [-0.1, -0.05) is 18.2 Å². The van der Waals surface area contributed by atoms with Gasteiger partial charge in [0.05, 0.1) is 12.1 Å². The van der Waals surface area contributed by atoms with Gasteiger partial charge in [-0.05, 0) is 37.8 Å². The zero-order valence-electron chi connectivity index (χ0n) is 14.3. The van der Waals surface area contributed by atoms with Crippen LogP contribution in [-0.4, -0.2) is 36.0 Å². The second kappa shape index (κ2) is 7.79. The van der Waals surface area contributed by atoms with Crippen molar-refractivity contribution in [3.05, 3.63) is 45.9 Å². The number of hydrogen-bond donors (Lipinski definition) is 0. The van der Waals surface area contributed by atoms with Crippen LogP contribution in [0.5, 0.6) is 5.75 Å². The van der Waals surface area contributed by atoms with E-state index in [1.54, 1.807) is 18.4 Å². The minimum absolute atomic E-state index is 0.235. The Morgan fingerprint density at radius 1 is 1.42 bits per heavy atom. The number of carbonyl (C=O) groups excluding carboxylic acids is 1. The number of likely N-dealkylation sites (tertiary alicyclic amines) is 1. The number of carbonyl (C=O) groups is 1. The second-order valence-corrected chi connectivity index (χ2v) is 7.21. The average molecular weight is 344 g/mol. The van der Waals surface area contributed by atoms with Crippen molar-refractivity contribution in [3.63, 3.8) is 0 Å². The van der Waals surface area contributed by atoms with Crippen molar-refractivity contribution in [2.75, 3.05) is 20.2 Å². The number of benzene rings is 1. The molecule has 2 aromatic rings. The number of hydrogen-bond acceptors (Lipinski definition) is 4. The van der Waals surface area contributed by atoms with Gasteiger partial charge >= 0.3 is 0 Å². The molecule has 1 aromatic heterocycles. The topological polar surface area (TPSA) is 42.4 Å². The Labute approximate surface area is 147 Å². The molecule has 1 aromatic carbocycles. The molecule has 1 saturated heterocycles. The van der Waals surface area contributed by atoms with Gasteiger partial charge in [-0.2, -0.15) is 0 Å². The van der Waals surface area contributed by atoms with Crippen LogP contribution in [0.25, 0.3) is 0 Å². The first-order chi connectivity index (χ1) is 11.7. The molecule has 0 bridgehead atoms. The summed E-state index contributed by atoms with van der Waals surface area (Å²) in [6, 6.07) is 7.92. The van der Waals surface area contributed by atoms with Gasteiger partial charge in [-0.15, -0.1) is 11.3 Å². The molecule has 3 rings (SSSR count). The largest absolute Gasteiger partial charge is 0.496 e. The molecule has 128 valence electrons. The average Bonchev–Trinajstić information content (AvgIpc) is 3.06. The monoisotopic (exact) mass is 344 g/mol. The van der Waals surface area contributed by atoms with Crippen molar-refractivity contribution in [1.29, 1.82) is 0 Å². The molecule has 1 aliphatic heterocycles. The van der Waals surface area contributed by atoms with Crippen molar-refractivity contribution in [2.45, 2.75) is 38.5 Å². The highest BCUT2D eigenvalue weighted by atomic mass is 32.1. The number of aromatic nitrogens is 1. The Morgan fingerprint density at radius 3 is 3.00 bits per heavy atom. The van der Waals surface area contributed by atoms with E-state index in [1.165, 1.54) is 5.01 Å². The molecule has 2 heterocycles. The van der Waals surface area contributed by atoms with Crippen LogP contribution in [0.2, 0.25) is 0 Å². The van der Waals surface area contributed by atoms with E-state index in [0.717, 1.165) is 49.4 Å². The number of nitrogens with zero attached hydrogens (tertiary/aromatic N) is 2. The summed E-state index contributed by atoms with van der Waals surface area (Å²) in [4.78, 5) is 19.2. The fourth-order valence-corrected chi connectivity index (χ4v) is 4.20. The number of piperidine rings is 1. The number of rotatable bonds is 5. The third-order valence-electron chi connectivity index (χ3n) is 4.56. The van der Waals surface area contributed by atoms with E-state index in [0.29, 0.717) is 12.3 Å². The van der Waals surface area contributed by atoms with Gasteiger partial charge in [0.1, 0.15) is 5.75 Å². The third kappa shape index (κ3) is 3.96. The molecule has 4 nitrogen and oxygen atoms in total. The van der Waals surface area contributed by atoms with Crippen molar-refractivity contribution >= 4 is 17.2 Å². The summed E-state index contributed by atoms with van der Waals surface area (Å²) in [5.41, 5.74) is 2.17. The van der Waals surface area contributed by atoms with Gasteiger partial charge in [-0.25, -0.2) is 4.98 Å². The molecule has 1 fully saturated rings. The van der Waals surface area contributed by atoms with Crippen LogP contribution in [0.15, 0.2) is 29.6 Å². The molecule has 5 heteroatoms. The minimum Gasteiger partial charge on any atom is -0.496 e. The fraction of sp³-hybridized carbons (Fsp3) is 0.474. The Morgan fingerprint density at radius 2 is 2.25 bits per heavy atom. The van der Waals surface area contributed by atoms with Crippen LogP contribution in [-0.2, 0) is 11.2 Å². The summed E-state index contributed by atoms with van der Waals surface area (Å²) in [5, 5.41) is 3.27. The molecular formula is C19H24N2O2S. The van der Waals surface area contributed by atoms with Gasteiger partial charge in [0.2, 0.25) is 5.91 Å². The van der Waals surface area contributed by atoms with E-state index in [1.807, 2.05) is 36.1 Å². The Hall–Kier alpha value is -1.88. The molecule has 0 radical (unpaired) electrons. The minimum atomic E-state index is 0.235. The van der Waals surface area contributed by atoms with Gasteiger partial charge in [-0.3, -0.25) is 4.79 Å². The first-order valence-electron chi connectivity index (χ1n) is 8.49. The highest BCUT2D eigenvalue weighted by Crippen LogP contribution is 2.29. The number of methoxy groups -OCH3 is 1. The van der Waals surface area contributed by atoms with E-state index in [9.17, 15) is 4.79 Å². The maximum Gasteiger partial charge on any atom is 0.222 e. The van der Waals surface area contributed by atoms with E-state index in [4.69, 9.17) is 4.74 Å². The zero-order chi connectivity index (χ0) is 16.9. The SMILES string of the molecule is COc1ccccc1CCC(=O)N1CCCC(c2nc(C)cs2)C1. The molecule has 1 amide bonds. The highest BCUT2D eigenvalue weighted by molar-refractivity contribution is 7.09. The Kier molecular flexibility index (Phi) is 5.51. The smallest absolute Gasteiger partial charge is 0.222 e. The summed E-state index contributed by atoms with van der Waals surface area (Å²) in [7, 11) is 1.67. The van der Waals surface area contributed by atoms with Gasteiger partial charge < -0.3 is 9.64 Å². The lowest BCUT2D eigenvalue weighted by atomic mass is 9.98. The predicted molar refractivity (Wildman–Crippen MR) is 96.7 cm³/mol. The third-order valence-corrected chi connectivity index (χ3v) is 5.69. The fourth-order valence-electron chi connectivity index (χ4n) is 3.27. The van der Waals surface area contributed by atoms with Crippen LogP contribution < -0.4 is 4.74 Å². The lowest BCUT2D eigenvalue weighted by Crippen LogP contribution is -2.39. The maximum atomic E-state index is 12.6. The van der Waals surface area contributed by atoms with Gasteiger partial charge in [0.25, 0.3) is 0 Å². The van der Waals surface area contributed by atoms with Crippen molar-refractivity contribution in [3.8, 4) is 5.75 Å². The molecule has 1 atom stereocenters. The molecular weight excluding hydrogens is 320 g/mol.